The van der Waals surface area contributed by atoms with E-state index in [1.807, 2.05) is 6.92 Å². The van der Waals surface area contributed by atoms with Crippen LogP contribution < -0.4 is 10.6 Å². The number of hydrogen-bond donors (Lipinski definition) is 3. The summed E-state index contributed by atoms with van der Waals surface area (Å²) in [6.45, 7) is 4.28. The fourth-order valence-corrected chi connectivity index (χ4v) is 1.91. The van der Waals surface area contributed by atoms with E-state index >= 15 is 0 Å². The lowest BCUT2D eigenvalue weighted by atomic mass is 10.3. The molecule has 0 aliphatic carbocycles. The van der Waals surface area contributed by atoms with E-state index in [0.717, 1.165) is 17.3 Å². The lowest BCUT2D eigenvalue weighted by Gasteiger charge is -2.21. The number of urea groups is 2. The van der Waals surface area contributed by atoms with Crippen molar-refractivity contribution in [2.75, 3.05) is 18.5 Å². The van der Waals surface area contributed by atoms with Gasteiger partial charge in [-0.1, -0.05) is 29.3 Å². The minimum atomic E-state index is -0.750. The van der Waals surface area contributed by atoms with Gasteiger partial charge in [-0.2, -0.15) is 4.90 Å². The Labute approximate surface area is 144 Å². The first kappa shape index (κ1) is 19.0. The van der Waals surface area contributed by atoms with Crippen LogP contribution in [0.25, 0.3) is 0 Å². The smallest absolute Gasteiger partial charge is 0.338 e. The number of nitrogens with one attached hydrogen (secondary N) is 3. The van der Waals surface area contributed by atoms with Crippen LogP contribution in [-0.4, -0.2) is 36.1 Å². The zero-order valence-electron chi connectivity index (χ0n) is 13.2. The Balaban J connectivity index is 2.80. The molecule has 4 amide bonds. The van der Waals surface area contributed by atoms with Gasteiger partial charge in [-0.3, -0.25) is 5.41 Å². The average Bonchev–Trinajstić information content (AvgIpc) is 2.50. The molecule has 1 aromatic rings. The highest BCUT2D eigenvalue weighted by Gasteiger charge is 2.27. The van der Waals surface area contributed by atoms with Gasteiger partial charge >= 0.3 is 18.1 Å². The summed E-state index contributed by atoms with van der Waals surface area (Å²) in [6, 6.07) is 4.92. The first-order valence-corrected chi connectivity index (χ1v) is 8.14. The second-order valence-corrected chi connectivity index (χ2v) is 5.51. The topological polar surface area (TPSA) is 94.5 Å². The van der Waals surface area contributed by atoms with Crippen molar-refractivity contribution in [3.8, 4) is 0 Å². The Morgan fingerprint density at radius 3 is 2.43 bits per heavy atom. The van der Waals surface area contributed by atoms with Crippen LogP contribution in [0.3, 0.4) is 0 Å². The molecule has 0 fully saturated rings. The minimum Gasteiger partial charge on any atom is -0.465 e. The third-order valence-electron chi connectivity index (χ3n) is 2.79. The maximum Gasteiger partial charge on any atom is 0.338 e. The lowest BCUT2D eigenvalue weighted by molar-refractivity contribution is 0.196. The standard InChI is InChI=1S/C15H21BrN4O3/c1-3-5-10-18-14(21)20(13(17)23-4-2)15(22)19-12-8-6-11(16)7-9-12/h6-9,17H,3-5,10H2,1-2H3,(H,18,21)(H,19,22). The van der Waals surface area contributed by atoms with E-state index in [1.54, 1.807) is 31.2 Å². The van der Waals surface area contributed by atoms with E-state index in [2.05, 4.69) is 26.6 Å². The molecule has 0 heterocycles. The molecule has 3 N–H and O–H groups in total. The van der Waals surface area contributed by atoms with Crippen LogP contribution in [0.2, 0.25) is 0 Å². The van der Waals surface area contributed by atoms with Crippen LogP contribution in [-0.2, 0) is 4.74 Å². The summed E-state index contributed by atoms with van der Waals surface area (Å²) in [4.78, 5) is 25.1. The molecular weight excluding hydrogens is 364 g/mol. The highest BCUT2D eigenvalue weighted by Crippen LogP contribution is 2.14. The van der Waals surface area contributed by atoms with Crippen molar-refractivity contribution in [3.63, 3.8) is 0 Å². The molecule has 0 saturated heterocycles. The Bertz CT molecular complexity index is 548. The summed E-state index contributed by atoms with van der Waals surface area (Å²) in [7, 11) is 0. The number of anilines is 1. The van der Waals surface area contributed by atoms with Crippen LogP contribution in [0.15, 0.2) is 28.7 Å². The lowest BCUT2D eigenvalue weighted by Crippen LogP contribution is -2.50. The Morgan fingerprint density at radius 1 is 1.22 bits per heavy atom. The predicted molar refractivity (Wildman–Crippen MR) is 92.7 cm³/mol. The number of carbonyl (C=O) groups is 2. The van der Waals surface area contributed by atoms with Crippen molar-refractivity contribution >= 4 is 39.7 Å². The summed E-state index contributed by atoms with van der Waals surface area (Å²) in [5.41, 5.74) is 0.508. The normalized spacial score (nSPS) is 9.87. The van der Waals surface area contributed by atoms with E-state index in [0.29, 0.717) is 17.1 Å². The number of amidine groups is 1. The fourth-order valence-electron chi connectivity index (χ4n) is 1.64. The van der Waals surface area contributed by atoms with E-state index < -0.39 is 18.1 Å². The molecule has 0 bridgehead atoms. The predicted octanol–water partition coefficient (Wildman–Crippen LogP) is 3.76. The number of halogens is 1. The number of rotatable bonds is 5. The number of imide groups is 1. The quantitative estimate of drug-likeness (QED) is 0.409. The second-order valence-electron chi connectivity index (χ2n) is 4.60. The van der Waals surface area contributed by atoms with E-state index in [9.17, 15) is 9.59 Å². The molecule has 23 heavy (non-hydrogen) atoms. The third kappa shape index (κ3) is 6.27. The van der Waals surface area contributed by atoms with Crippen molar-refractivity contribution in [1.82, 2.24) is 10.2 Å². The number of nitrogens with zero attached hydrogens (tertiary/aromatic N) is 1. The molecule has 0 aliphatic rings. The van der Waals surface area contributed by atoms with Gasteiger partial charge in [0.25, 0.3) is 0 Å². The van der Waals surface area contributed by atoms with Gasteiger partial charge in [-0.05, 0) is 37.6 Å². The van der Waals surface area contributed by atoms with E-state index in [4.69, 9.17) is 10.1 Å². The Morgan fingerprint density at radius 2 is 1.87 bits per heavy atom. The fraction of sp³-hybridized carbons (Fsp3) is 0.400. The number of amides is 4. The third-order valence-corrected chi connectivity index (χ3v) is 3.32. The minimum absolute atomic E-state index is 0.184. The molecule has 1 rings (SSSR count). The highest BCUT2D eigenvalue weighted by molar-refractivity contribution is 9.10. The largest absolute Gasteiger partial charge is 0.465 e. The zero-order valence-corrected chi connectivity index (χ0v) is 14.8. The van der Waals surface area contributed by atoms with Crippen molar-refractivity contribution in [2.24, 2.45) is 0 Å². The summed E-state index contributed by atoms with van der Waals surface area (Å²) >= 11 is 3.30. The first-order chi connectivity index (χ1) is 11.0. The van der Waals surface area contributed by atoms with E-state index in [-0.39, 0.29) is 6.61 Å². The van der Waals surface area contributed by atoms with Gasteiger partial charge in [-0.25, -0.2) is 9.59 Å². The summed E-state index contributed by atoms with van der Waals surface area (Å²) < 4.78 is 5.86. The molecule has 1 aromatic carbocycles. The SMILES string of the molecule is CCCCNC(=O)N(C(=N)OCC)C(=O)Nc1ccc(Br)cc1. The van der Waals surface area contributed by atoms with Gasteiger partial charge in [0.1, 0.15) is 0 Å². The molecule has 0 unspecified atom stereocenters. The van der Waals surface area contributed by atoms with Gasteiger partial charge in [0.2, 0.25) is 0 Å². The van der Waals surface area contributed by atoms with Crippen LogP contribution in [0, 0.1) is 5.41 Å². The zero-order chi connectivity index (χ0) is 17.2. The summed E-state index contributed by atoms with van der Waals surface area (Å²) in [5.74, 6) is 0. The number of carbonyl (C=O) groups excluding carboxylic acids is 2. The Kier molecular flexibility index (Phi) is 8.10. The van der Waals surface area contributed by atoms with E-state index in [1.165, 1.54) is 0 Å². The van der Waals surface area contributed by atoms with Crippen LogP contribution in [0.5, 0.6) is 0 Å². The van der Waals surface area contributed by atoms with Crippen LogP contribution in [0.1, 0.15) is 26.7 Å². The van der Waals surface area contributed by atoms with Crippen molar-refractivity contribution in [3.05, 3.63) is 28.7 Å². The Hall–Kier alpha value is -2.09. The molecule has 7 nitrogen and oxygen atoms in total. The van der Waals surface area contributed by atoms with Gasteiger partial charge in [0.15, 0.2) is 0 Å². The van der Waals surface area contributed by atoms with Gasteiger partial charge in [0, 0.05) is 16.7 Å². The van der Waals surface area contributed by atoms with Crippen LogP contribution in [0.4, 0.5) is 15.3 Å². The molecule has 8 heteroatoms. The summed E-state index contributed by atoms with van der Waals surface area (Å²) in [6.07, 6.45) is 1.70. The molecule has 0 radical (unpaired) electrons. The molecule has 126 valence electrons. The maximum atomic E-state index is 12.3. The highest BCUT2D eigenvalue weighted by atomic mass is 79.9. The van der Waals surface area contributed by atoms with Crippen molar-refractivity contribution in [2.45, 2.75) is 26.7 Å². The number of ether oxygens (including phenoxy) is 1. The average molecular weight is 385 g/mol. The van der Waals surface area contributed by atoms with Gasteiger partial charge in [-0.15, -0.1) is 0 Å². The summed E-state index contributed by atoms with van der Waals surface area (Å²) in [5, 5.41) is 12.9. The van der Waals surface area contributed by atoms with Crippen molar-refractivity contribution in [1.29, 1.82) is 5.41 Å². The number of unbranched alkanes of at least 4 members (excludes halogenated alkanes) is 1. The van der Waals surface area contributed by atoms with Gasteiger partial charge in [0.05, 0.1) is 6.61 Å². The molecule has 0 aliphatic heterocycles. The molecule has 0 atom stereocenters. The number of hydrogen-bond acceptors (Lipinski definition) is 4. The molecule has 0 saturated carbocycles. The van der Waals surface area contributed by atoms with Crippen LogP contribution >= 0.6 is 15.9 Å². The van der Waals surface area contributed by atoms with Gasteiger partial charge < -0.3 is 15.4 Å². The van der Waals surface area contributed by atoms with Crippen molar-refractivity contribution < 1.29 is 14.3 Å². The second kappa shape index (κ2) is 9.83. The molecule has 0 spiro atoms. The maximum absolute atomic E-state index is 12.3. The number of benzene rings is 1. The molecule has 0 aromatic heterocycles. The monoisotopic (exact) mass is 384 g/mol. The first-order valence-electron chi connectivity index (χ1n) is 7.35. The molecular formula is C15H21BrN4O3.